The fraction of sp³-hybridized carbons (Fsp3) is 0.250. The van der Waals surface area contributed by atoms with Crippen molar-refractivity contribution in [3.63, 3.8) is 0 Å². The lowest BCUT2D eigenvalue weighted by molar-refractivity contribution is 0.0590. The zero-order valence-electron chi connectivity index (χ0n) is 6.90. The van der Waals surface area contributed by atoms with E-state index in [1.165, 1.54) is 13.2 Å². The van der Waals surface area contributed by atoms with Crippen molar-refractivity contribution >= 4 is 12.3 Å². The van der Waals surface area contributed by atoms with Crippen LogP contribution in [0.4, 0.5) is 0 Å². The molecule has 4 heteroatoms. The van der Waals surface area contributed by atoms with E-state index in [1.807, 2.05) is 0 Å². The van der Waals surface area contributed by atoms with E-state index in [1.54, 1.807) is 17.8 Å². The molecule has 1 aromatic rings. The minimum atomic E-state index is -0.439. The summed E-state index contributed by atoms with van der Waals surface area (Å²) in [5, 5.41) is 0. The molecule has 12 heavy (non-hydrogen) atoms. The zero-order valence-corrected chi connectivity index (χ0v) is 6.90. The van der Waals surface area contributed by atoms with Crippen LogP contribution in [0.5, 0.6) is 0 Å². The number of esters is 1. The van der Waals surface area contributed by atoms with Gasteiger partial charge in [0.25, 0.3) is 0 Å². The lowest BCUT2D eigenvalue weighted by atomic mass is 10.3. The highest BCUT2D eigenvalue weighted by Gasteiger charge is 2.10. The van der Waals surface area contributed by atoms with Crippen LogP contribution in [0, 0.1) is 0 Å². The molecule has 0 aromatic carbocycles. The molecule has 0 saturated heterocycles. The normalized spacial score (nSPS) is 9.50. The SMILES string of the molecule is COC(=O)c1cc(C=O)cn1C. The molecule has 0 spiro atoms. The summed E-state index contributed by atoms with van der Waals surface area (Å²) in [5.74, 6) is -0.439. The molecule has 0 amide bonds. The fourth-order valence-corrected chi connectivity index (χ4v) is 0.962. The highest BCUT2D eigenvalue weighted by atomic mass is 16.5. The number of rotatable bonds is 2. The third-order valence-electron chi connectivity index (χ3n) is 1.56. The van der Waals surface area contributed by atoms with Crippen LogP contribution in [0.25, 0.3) is 0 Å². The largest absolute Gasteiger partial charge is 0.464 e. The molecule has 0 N–H and O–H groups in total. The Hall–Kier alpha value is -1.58. The first-order valence-corrected chi connectivity index (χ1v) is 3.39. The highest BCUT2D eigenvalue weighted by molar-refractivity contribution is 5.90. The van der Waals surface area contributed by atoms with Crippen LogP contribution in [0.2, 0.25) is 0 Å². The third-order valence-corrected chi connectivity index (χ3v) is 1.56. The molecular formula is C8H9NO3. The summed E-state index contributed by atoms with van der Waals surface area (Å²) in [7, 11) is 2.98. The van der Waals surface area contributed by atoms with Crippen LogP contribution in [0.1, 0.15) is 20.8 Å². The molecule has 1 rings (SSSR count). The minimum Gasteiger partial charge on any atom is -0.464 e. The van der Waals surface area contributed by atoms with Crippen LogP contribution < -0.4 is 0 Å². The van der Waals surface area contributed by atoms with Crippen molar-refractivity contribution in [3.8, 4) is 0 Å². The van der Waals surface area contributed by atoms with Gasteiger partial charge in [-0.2, -0.15) is 0 Å². The van der Waals surface area contributed by atoms with E-state index in [4.69, 9.17) is 0 Å². The summed E-state index contributed by atoms with van der Waals surface area (Å²) >= 11 is 0. The van der Waals surface area contributed by atoms with Gasteiger partial charge in [0.05, 0.1) is 7.11 Å². The lowest BCUT2D eigenvalue weighted by Gasteiger charge is -1.98. The second-order valence-corrected chi connectivity index (χ2v) is 2.38. The van der Waals surface area contributed by atoms with Gasteiger partial charge < -0.3 is 9.30 Å². The highest BCUT2D eigenvalue weighted by Crippen LogP contribution is 2.05. The van der Waals surface area contributed by atoms with E-state index in [0.717, 1.165) is 0 Å². The molecule has 0 saturated carbocycles. The lowest BCUT2D eigenvalue weighted by Crippen LogP contribution is -2.06. The Morgan fingerprint density at radius 2 is 2.33 bits per heavy atom. The summed E-state index contributed by atoms with van der Waals surface area (Å²) in [6.45, 7) is 0. The predicted octanol–water partition coefficient (Wildman–Crippen LogP) is 0.624. The number of nitrogens with zero attached hydrogens (tertiary/aromatic N) is 1. The van der Waals surface area contributed by atoms with Gasteiger partial charge in [-0.15, -0.1) is 0 Å². The van der Waals surface area contributed by atoms with E-state index in [9.17, 15) is 9.59 Å². The molecule has 0 atom stereocenters. The summed E-state index contributed by atoms with van der Waals surface area (Å²) < 4.78 is 6.05. The van der Waals surface area contributed by atoms with Crippen molar-refractivity contribution in [1.29, 1.82) is 0 Å². The summed E-state index contributed by atoms with van der Waals surface area (Å²) in [4.78, 5) is 21.3. The van der Waals surface area contributed by atoms with Gasteiger partial charge in [0, 0.05) is 18.8 Å². The van der Waals surface area contributed by atoms with Gasteiger partial charge in [0.15, 0.2) is 6.29 Å². The van der Waals surface area contributed by atoms with E-state index < -0.39 is 5.97 Å². The minimum absolute atomic E-state index is 0.375. The van der Waals surface area contributed by atoms with Gasteiger partial charge in [0.1, 0.15) is 5.69 Å². The topological polar surface area (TPSA) is 48.3 Å². The van der Waals surface area contributed by atoms with Crippen molar-refractivity contribution in [2.24, 2.45) is 7.05 Å². The Morgan fingerprint density at radius 1 is 1.67 bits per heavy atom. The second-order valence-electron chi connectivity index (χ2n) is 2.38. The van der Waals surface area contributed by atoms with Gasteiger partial charge in [-0.25, -0.2) is 4.79 Å². The molecule has 0 aliphatic heterocycles. The number of ether oxygens (including phenoxy) is 1. The molecule has 0 unspecified atom stereocenters. The van der Waals surface area contributed by atoms with Crippen LogP contribution >= 0.6 is 0 Å². The first kappa shape index (κ1) is 8.52. The number of hydrogen-bond donors (Lipinski definition) is 0. The summed E-state index contributed by atoms with van der Waals surface area (Å²) in [6, 6.07) is 1.48. The third kappa shape index (κ3) is 1.37. The Kier molecular flexibility index (Phi) is 2.28. The fourth-order valence-electron chi connectivity index (χ4n) is 0.962. The standard InChI is InChI=1S/C8H9NO3/c1-9-4-6(5-10)3-7(9)8(11)12-2/h3-5H,1-2H3. The van der Waals surface area contributed by atoms with Gasteiger partial charge >= 0.3 is 5.97 Å². The quantitative estimate of drug-likeness (QED) is 0.479. The van der Waals surface area contributed by atoms with Gasteiger partial charge in [-0.3, -0.25) is 4.79 Å². The molecule has 1 aromatic heterocycles. The van der Waals surface area contributed by atoms with Crippen molar-refractivity contribution in [1.82, 2.24) is 4.57 Å². The maximum atomic E-state index is 11.0. The molecule has 0 fully saturated rings. The first-order valence-electron chi connectivity index (χ1n) is 3.39. The molecule has 1 heterocycles. The van der Waals surface area contributed by atoms with Gasteiger partial charge in [-0.05, 0) is 6.07 Å². The Morgan fingerprint density at radius 3 is 2.75 bits per heavy atom. The molecule has 64 valence electrons. The number of aryl methyl sites for hydroxylation is 1. The second kappa shape index (κ2) is 3.21. The average molecular weight is 167 g/mol. The number of carbonyl (C=O) groups is 2. The number of carbonyl (C=O) groups excluding carboxylic acids is 2. The van der Waals surface area contributed by atoms with Crippen LogP contribution in [0.15, 0.2) is 12.3 Å². The Balaban J connectivity index is 3.07. The maximum absolute atomic E-state index is 11.0. The molecule has 0 bridgehead atoms. The smallest absolute Gasteiger partial charge is 0.354 e. The molecule has 0 aliphatic rings. The van der Waals surface area contributed by atoms with Crippen LogP contribution in [-0.4, -0.2) is 23.9 Å². The number of aldehydes is 1. The van der Waals surface area contributed by atoms with E-state index in [0.29, 0.717) is 17.5 Å². The van der Waals surface area contributed by atoms with Crippen molar-refractivity contribution < 1.29 is 14.3 Å². The average Bonchev–Trinajstić information content (AvgIpc) is 2.45. The Labute approximate surface area is 69.7 Å². The van der Waals surface area contributed by atoms with Crippen LogP contribution in [0.3, 0.4) is 0 Å². The molecule has 0 aliphatic carbocycles. The number of aromatic nitrogens is 1. The summed E-state index contributed by atoms with van der Waals surface area (Å²) in [5.41, 5.74) is 0.845. The van der Waals surface area contributed by atoms with E-state index >= 15 is 0 Å². The van der Waals surface area contributed by atoms with Crippen molar-refractivity contribution in [2.45, 2.75) is 0 Å². The summed E-state index contributed by atoms with van der Waals surface area (Å²) in [6.07, 6.45) is 2.26. The van der Waals surface area contributed by atoms with Gasteiger partial charge in [-0.1, -0.05) is 0 Å². The molecular weight excluding hydrogens is 158 g/mol. The van der Waals surface area contributed by atoms with Crippen molar-refractivity contribution in [3.05, 3.63) is 23.5 Å². The van der Waals surface area contributed by atoms with Crippen molar-refractivity contribution in [2.75, 3.05) is 7.11 Å². The van der Waals surface area contributed by atoms with Crippen LogP contribution in [-0.2, 0) is 11.8 Å². The first-order chi connectivity index (χ1) is 5.69. The van der Waals surface area contributed by atoms with E-state index in [2.05, 4.69) is 4.74 Å². The number of hydrogen-bond acceptors (Lipinski definition) is 3. The predicted molar refractivity (Wildman–Crippen MR) is 42.1 cm³/mol. The molecule has 0 radical (unpaired) electrons. The monoisotopic (exact) mass is 167 g/mol. The molecule has 4 nitrogen and oxygen atoms in total. The Bertz CT molecular complexity index is 314. The number of methoxy groups -OCH3 is 1. The zero-order chi connectivity index (χ0) is 9.14. The van der Waals surface area contributed by atoms with E-state index in [-0.39, 0.29) is 0 Å². The van der Waals surface area contributed by atoms with Gasteiger partial charge in [0.2, 0.25) is 0 Å². The maximum Gasteiger partial charge on any atom is 0.354 e.